The van der Waals surface area contributed by atoms with Crippen molar-refractivity contribution in [1.82, 2.24) is 20.1 Å². The van der Waals surface area contributed by atoms with Crippen molar-refractivity contribution in [1.29, 1.82) is 0 Å². The molecule has 1 rings (SSSR count). The fourth-order valence-corrected chi connectivity index (χ4v) is 1.78. The van der Waals surface area contributed by atoms with Crippen LogP contribution in [0.5, 0.6) is 0 Å². The first-order chi connectivity index (χ1) is 9.32. The molecule has 0 bridgehead atoms. The minimum absolute atomic E-state index is 0.109. The van der Waals surface area contributed by atoms with Gasteiger partial charge in [-0.25, -0.2) is 9.67 Å². The fraction of sp³-hybridized carbons (Fsp3) is 0.692. The highest BCUT2D eigenvalue weighted by atomic mass is 16.4. The smallest absolute Gasteiger partial charge is 0.303 e. The molecule has 1 aromatic heterocycles. The zero-order chi connectivity index (χ0) is 15.2. The maximum absolute atomic E-state index is 11.9. The van der Waals surface area contributed by atoms with E-state index in [1.807, 2.05) is 13.8 Å². The molecule has 0 aliphatic rings. The second-order valence-corrected chi connectivity index (χ2v) is 5.65. The minimum atomic E-state index is -0.790. The van der Waals surface area contributed by atoms with Crippen LogP contribution in [0.2, 0.25) is 0 Å². The average molecular weight is 282 g/mol. The van der Waals surface area contributed by atoms with Crippen LogP contribution in [-0.4, -0.2) is 38.3 Å². The number of carboxylic acids is 1. The lowest BCUT2D eigenvalue weighted by Crippen LogP contribution is -2.33. The van der Waals surface area contributed by atoms with Gasteiger partial charge >= 0.3 is 5.97 Å². The highest BCUT2D eigenvalue weighted by Crippen LogP contribution is 2.26. The number of amides is 1. The molecule has 0 aliphatic carbocycles. The molecule has 0 aromatic carbocycles. The first-order valence-corrected chi connectivity index (χ1v) is 6.65. The van der Waals surface area contributed by atoms with Crippen molar-refractivity contribution < 1.29 is 14.7 Å². The van der Waals surface area contributed by atoms with Gasteiger partial charge < -0.3 is 10.4 Å². The molecule has 1 atom stereocenters. The predicted octanol–water partition coefficient (Wildman–Crippen LogP) is 1.24. The molecule has 7 heteroatoms. The SMILES string of the molecule is CC(C(=O)NCCC(C)(C)CCC(=O)O)n1cncn1. The summed E-state index contributed by atoms with van der Waals surface area (Å²) in [6.07, 6.45) is 4.36. The normalized spacial score (nSPS) is 12.9. The number of aliphatic carboxylic acids is 1. The Hall–Kier alpha value is -1.92. The molecule has 20 heavy (non-hydrogen) atoms. The van der Waals surface area contributed by atoms with Gasteiger partial charge in [-0.2, -0.15) is 5.10 Å². The van der Waals surface area contributed by atoms with E-state index in [0.717, 1.165) is 6.42 Å². The molecular formula is C13H22N4O3. The number of carbonyl (C=O) groups is 2. The second kappa shape index (κ2) is 7.02. The third kappa shape index (κ3) is 5.38. The van der Waals surface area contributed by atoms with Crippen molar-refractivity contribution in [2.75, 3.05) is 6.54 Å². The van der Waals surface area contributed by atoms with Gasteiger partial charge in [0.05, 0.1) is 0 Å². The number of carbonyl (C=O) groups excluding carboxylic acids is 1. The zero-order valence-electron chi connectivity index (χ0n) is 12.2. The van der Waals surface area contributed by atoms with Gasteiger partial charge in [-0.1, -0.05) is 13.8 Å². The van der Waals surface area contributed by atoms with Crippen molar-refractivity contribution in [2.45, 2.75) is 46.1 Å². The zero-order valence-corrected chi connectivity index (χ0v) is 12.2. The monoisotopic (exact) mass is 282 g/mol. The minimum Gasteiger partial charge on any atom is -0.481 e. The molecule has 7 nitrogen and oxygen atoms in total. The number of hydrogen-bond donors (Lipinski definition) is 2. The van der Waals surface area contributed by atoms with Crippen LogP contribution in [0.25, 0.3) is 0 Å². The first-order valence-electron chi connectivity index (χ1n) is 6.65. The topological polar surface area (TPSA) is 97.1 Å². The van der Waals surface area contributed by atoms with Crippen molar-refractivity contribution in [2.24, 2.45) is 5.41 Å². The summed E-state index contributed by atoms with van der Waals surface area (Å²) in [5.41, 5.74) is -0.109. The van der Waals surface area contributed by atoms with E-state index in [1.165, 1.54) is 17.3 Å². The van der Waals surface area contributed by atoms with Crippen molar-refractivity contribution in [3.05, 3.63) is 12.7 Å². The van der Waals surface area contributed by atoms with E-state index < -0.39 is 12.0 Å². The Morgan fingerprint density at radius 3 is 2.65 bits per heavy atom. The number of aromatic nitrogens is 3. The highest BCUT2D eigenvalue weighted by Gasteiger charge is 2.20. The molecule has 1 amide bonds. The molecule has 0 spiro atoms. The summed E-state index contributed by atoms with van der Waals surface area (Å²) in [6.45, 7) is 6.27. The third-order valence-corrected chi connectivity index (χ3v) is 3.33. The Bertz CT molecular complexity index is 442. The van der Waals surface area contributed by atoms with Gasteiger partial charge in [0, 0.05) is 13.0 Å². The second-order valence-electron chi connectivity index (χ2n) is 5.65. The molecule has 0 aliphatic heterocycles. The molecule has 0 saturated carbocycles. The Morgan fingerprint density at radius 2 is 2.10 bits per heavy atom. The van der Waals surface area contributed by atoms with E-state index in [9.17, 15) is 9.59 Å². The van der Waals surface area contributed by atoms with Crippen molar-refractivity contribution in [3.63, 3.8) is 0 Å². The Labute approximate surface area is 118 Å². The molecule has 1 aromatic rings. The number of nitrogens with zero attached hydrogens (tertiary/aromatic N) is 3. The van der Waals surface area contributed by atoms with E-state index in [1.54, 1.807) is 6.92 Å². The lowest BCUT2D eigenvalue weighted by Gasteiger charge is -2.24. The van der Waals surface area contributed by atoms with Crippen molar-refractivity contribution in [3.8, 4) is 0 Å². The predicted molar refractivity (Wildman–Crippen MR) is 73.0 cm³/mol. The van der Waals surface area contributed by atoms with E-state index in [2.05, 4.69) is 15.4 Å². The third-order valence-electron chi connectivity index (χ3n) is 3.33. The summed E-state index contributed by atoms with van der Waals surface area (Å²) in [7, 11) is 0. The summed E-state index contributed by atoms with van der Waals surface area (Å²) >= 11 is 0. The number of rotatable bonds is 8. The van der Waals surface area contributed by atoms with Gasteiger partial charge in [0.25, 0.3) is 0 Å². The molecule has 0 saturated heterocycles. The highest BCUT2D eigenvalue weighted by molar-refractivity contribution is 5.79. The summed E-state index contributed by atoms with van der Waals surface area (Å²) in [5.74, 6) is -0.911. The Balaban J connectivity index is 2.32. The van der Waals surface area contributed by atoms with Crippen LogP contribution in [-0.2, 0) is 9.59 Å². The van der Waals surface area contributed by atoms with Crippen LogP contribution in [0.4, 0.5) is 0 Å². The van der Waals surface area contributed by atoms with Gasteiger partial charge in [-0.15, -0.1) is 0 Å². The first kappa shape index (κ1) is 16.1. The lowest BCUT2D eigenvalue weighted by molar-refractivity contribution is -0.137. The van der Waals surface area contributed by atoms with Gasteiger partial charge in [0.15, 0.2) is 0 Å². The fourth-order valence-electron chi connectivity index (χ4n) is 1.78. The van der Waals surface area contributed by atoms with E-state index in [-0.39, 0.29) is 17.7 Å². The van der Waals surface area contributed by atoms with Gasteiger partial charge in [0.1, 0.15) is 18.7 Å². The quantitative estimate of drug-likeness (QED) is 0.747. The molecule has 1 unspecified atom stereocenters. The van der Waals surface area contributed by atoms with Crippen LogP contribution in [0, 0.1) is 5.41 Å². The maximum Gasteiger partial charge on any atom is 0.303 e. The van der Waals surface area contributed by atoms with Crippen LogP contribution in [0.3, 0.4) is 0 Å². The van der Waals surface area contributed by atoms with Crippen molar-refractivity contribution >= 4 is 11.9 Å². The van der Waals surface area contributed by atoms with E-state index in [0.29, 0.717) is 13.0 Å². The lowest BCUT2D eigenvalue weighted by atomic mass is 9.84. The molecule has 0 radical (unpaired) electrons. The number of nitrogens with one attached hydrogen (secondary N) is 1. The number of carboxylic acid groups (broad SMARTS) is 1. The van der Waals surface area contributed by atoms with Crippen LogP contribution in [0.1, 0.15) is 46.1 Å². The Kier molecular flexibility index (Phi) is 5.66. The molecule has 1 heterocycles. The Morgan fingerprint density at radius 1 is 1.40 bits per heavy atom. The molecular weight excluding hydrogens is 260 g/mol. The largest absolute Gasteiger partial charge is 0.481 e. The summed E-state index contributed by atoms with van der Waals surface area (Å²) in [4.78, 5) is 26.3. The molecule has 2 N–H and O–H groups in total. The van der Waals surface area contributed by atoms with Gasteiger partial charge in [0.2, 0.25) is 5.91 Å². The van der Waals surface area contributed by atoms with Gasteiger partial charge in [-0.05, 0) is 25.2 Å². The summed E-state index contributed by atoms with van der Waals surface area (Å²) < 4.78 is 1.49. The van der Waals surface area contributed by atoms with E-state index >= 15 is 0 Å². The molecule has 0 fully saturated rings. The summed E-state index contributed by atoms with van der Waals surface area (Å²) in [6, 6.07) is -0.403. The van der Waals surface area contributed by atoms with Crippen LogP contribution >= 0.6 is 0 Å². The van der Waals surface area contributed by atoms with E-state index in [4.69, 9.17) is 5.11 Å². The average Bonchev–Trinajstić information content (AvgIpc) is 2.89. The molecule has 112 valence electrons. The van der Waals surface area contributed by atoms with Crippen LogP contribution < -0.4 is 5.32 Å². The van der Waals surface area contributed by atoms with Gasteiger partial charge in [-0.3, -0.25) is 9.59 Å². The van der Waals surface area contributed by atoms with Crippen LogP contribution in [0.15, 0.2) is 12.7 Å². The standard InChI is InChI=1S/C13H22N4O3/c1-10(17-9-14-8-16-17)12(20)15-7-6-13(2,3)5-4-11(18)19/h8-10H,4-7H2,1-3H3,(H,15,20)(H,18,19). The number of hydrogen-bond acceptors (Lipinski definition) is 4. The summed E-state index contributed by atoms with van der Waals surface area (Å²) in [5, 5.41) is 15.4. The maximum atomic E-state index is 11.9.